The van der Waals surface area contributed by atoms with E-state index in [0.29, 0.717) is 24.8 Å². The summed E-state index contributed by atoms with van der Waals surface area (Å²) in [6.07, 6.45) is 4.88. The molecule has 38 heavy (non-hydrogen) atoms. The highest BCUT2D eigenvalue weighted by Gasteiger charge is 2.57. The average molecular weight is 533 g/mol. The molecule has 0 aliphatic carbocycles. The van der Waals surface area contributed by atoms with Gasteiger partial charge < -0.3 is 29.2 Å². The number of carbonyl (C=O) groups is 3. The number of phenols is 1. The normalized spacial score (nSPS) is 29.3. The van der Waals surface area contributed by atoms with Gasteiger partial charge in [-0.15, -0.1) is 0 Å². The topological polar surface area (TPSA) is 129 Å². The van der Waals surface area contributed by atoms with Crippen molar-refractivity contribution in [3.63, 3.8) is 0 Å². The van der Waals surface area contributed by atoms with E-state index in [1.54, 1.807) is 13.8 Å². The molecule has 6 atom stereocenters. The third kappa shape index (κ3) is 4.79. The van der Waals surface area contributed by atoms with E-state index in [4.69, 9.17) is 18.9 Å². The zero-order valence-corrected chi connectivity index (χ0v) is 23.0. The standard InChI is InChI=1S/C29H40O9/c1-6-8-9-10-19-11-17-12-20(30)24(26(32)33)25-23(17)21(37-19)14-29(38-25)16(3)18(15-36-29)13-22(31)28(4,7-2)27(34)35-5/h12,16,18-19,21,30H,6-11,13-15H2,1-5H3,(H,32,33)/t16?,18?,19-,21+,28+,29+/m1/s1. The van der Waals surface area contributed by atoms with Crippen LogP contribution in [0.4, 0.5) is 0 Å². The van der Waals surface area contributed by atoms with Crippen molar-refractivity contribution in [2.24, 2.45) is 17.3 Å². The molecule has 1 spiro atoms. The molecule has 2 unspecified atom stereocenters. The van der Waals surface area contributed by atoms with Gasteiger partial charge >= 0.3 is 11.9 Å². The van der Waals surface area contributed by atoms with E-state index in [1.807, 2.05) is 6.92 Å². The highest BCUT2D eigenvalue weighted by atomic mass is 16.7. The van der Waals surface area contributed by atoms with Gasteiger partial charge in [0.2, 0.25) is 5.79 Å². The fourth-order valence-corrected chi connectivity index (χ4v) is 6.19. The number of carboxylic acid groups (broad SMARTS) is 1. The molecule has 3 aliphatic rings. The lowest BCUT2D eigenvalue weighted by molar-refractivity contribution is -0.214. The van der Waals surface area contributed by atoms with Gasteiger partial charge in [0.05, 0.1) is 25.9 Å². The zero-order valence-electron chi connectivity index (χ0n) is 23.0. The van der Waals surface area contributed by atoms with Crippen molar-refractivity contribution in [3.05, 3.63) is 22.8 Å². The summed E-state index contributed by atoms with van der Waals surface area (Å²) in [6, 6.07) is 1.53. The Balaban J connectivity index is 1.65. The maximum atomic E-state index is 13.3. The number of hydrogen-bond acceptors (Lipinski definition) is 8. The molecule has 0 bridgehead atoms. The van der Waals surface area contributed by atoms with Crippen LogP contribution >= 0.6 is 0 Å². The summed E-state index contributed by atoms with van der Waals surface area (Å²) in [4.78, 5) is 37.8. The maximum absolute atomic E-state index is 13.3. The summed E-state index contributed by atoms with van der Waals surface area (Å²) in [5, 5.41) is 20.6. The molecular weight excluding hydrogens is 492 g/mol. The van der Waals surface area contributed by atoms with E-state index in [9.17, 15) is 24.6 Å². The van der Waals surface area contributed by atoms with Crippen LogP contribution in [-0.4, -0.2) is 53.5 Å². The molecule has 210 valence electrons. The quantitative estimate of drug-likeness (QED) is 0.244. The van der Waals surface area contributed by atoms with Crippen molar-refractivity contribution >= 4 is 17.7 Å². The van der Waals surface area contributed by atoms with Crippen LogP contribution < -0.4 is 4.74 Å². The molecule has 1 saturated heterocycles. The van der Waals surface area contributed by atoms with Gasteiger partial charge in [0.1, 0.15) is 28.3 Å². The highest BCUT2D eigenvalue weighted by Crippen LogP contribution is 2.56. The second-order valence-electron chi connectivity index (χ2n) is 11.2. The van der Waals surface area contributed by atoms with Crippen LogP contribution in [0, 0.1) is 17.3 Å². The number of aromatic hydroxyl groups is 1. The fraction of sp³-hybridized carbons (Fsp3) is 0.690. The first-order chi connectivity index (χ1) is 18.0. The van der Waals surface area contributed by atoms with Crippen LogP contribution in [0.3, 0.4) is 0 Å². The molecule has 0 radical (unpaired) electrons. The van der Waals surface area contributed by atoms with Crippen molar-refractivity contribution in [1.29, 1.82) is 0 Å². The van der Waals surface area contributed by atoms with Crippen LogP contribution in [0.1, 0.15) is 100 Å². The predicted octanol–water partition coefficient (Wildman–Crippen LogP) is 4.96. The first-order valence-corrected chi connectivity index (χ1v) is 13.7. The number of unbranched alkanes of at least 4 members (excludes halogenated alkanes) is 2. The summed E-state index contributed by atoms with van der Waals surface area (Å²) in [6.45, 7) is 7.65. The third-order valence-corrected chi connectivity index (χ3v) is 8.95. The van der Waals surface area contributed by atoms with E-state index in [0.717, 1.165) is 31.2 Å². The molecule has 4 rings (SSSR count). The van der Waals surface area contributed by atoms with Gasteiger partial charge in [-0.3, -0.25) is 9.59 Å². The molecular formula is C29H40O9. The molecule has 3 heterocycles. The molecule has 0 saturated carbocycles. The Kier molecular flexibility index (Phi) is 8.09. The smallest absolute Gasteiger partial charge is 0.343 e. The monoisotopic (exact) mass is 532 g/mol. The number of aromatic carboxylic acids is 1. The van der Waals surface area contributed by atoms with Gasteiger partial charge in [-0.25, -0.2) is 4.79 Å². The Bertz CT molecular complexity index is 1100. The van der Waals surface area contributed by atoms with Crippen LogP contribution in [0.25, 0.3) is 0 Å². The molecule has 0 amide bonds. The largest absolute Gasteiger partial charge is 0.507 e. The Morgan fingerprint density at radius 2 is 1.97 bits per heavy atom. The number of benzene rings is 1. The molecule has 9 nitrogen and oxygen atoms in total. The third-order valence-electron chi connectivity index (χ3n) is 8.95. The second kappa shape index (κ2) is 10.8. The van der Waals surface area contributed by atoms with E-state index in [2.05, 4.69) is 6.92 Å². The zero-order chi connectivity index (χ0) is 27.8. The van der Waals surface area contributed by atoms with Crippen LogP contribution in [0.15, 0.2) is 6.07 Å². The fourth-order valence-electron chi connectivity index (χ4n) is 6.19. The molecule has 3 aliphatic heterocycles. The number of hydrogen-bond donors (Lipinski definition) is 2. The summed E-state index contributed by atoms with van der Waals surface area (Å²) in [5.41, 5.74) is -0.0542. The molecule has 1 fully saturated rings. The summed E-state index contributed by atoms with van der Waals surface area (Å²) in [5.74, 6) is -4.13. The van der Waals surface area contributed by atoms with Gasteiger partial charge in [-0.05, 0) is 43.7 Å². The molecule has 1 aromatic rings. The lowest BCUT2D eigenvalue weighted by Crippen LogP contribution is -2.48. The number of carbonyl (C=O) groups excluding carboxylic acids is 2. The molecule has 1 aromatic carbocycles. The molecule has 2 N–H and O–H groups in total. The molecule has 0 aromatic heterocycles. The number of esters is 1. The summed E-state index contributed by atoms with van der Waals surface area (Å²) >= 11 is 0. The lowest BCUT2D eigenvalue weighted by atomic mass is 9.75. The van der Waals surface area contributed by atoms with E-state index in [-0.39, 0.29) is 53.8 Å². The minimum Gasteiger partial charge on any atom is -0.507 e. The Labute approximate surface area is 223 Å². The molecule has 9 heteroatoms. The van der Waals surface area contributed by atoms with Crippen molar-refractivity contribution in [2.45, 2.75) is 97.1 Å². The number of ketones is 1. The predicted molar refractivity (Wildman–Crippen MR) is 137 cm³/mol. The van der Waals surface area contributed by atoms with Crippen LogP contribution in [-0.2, 0) is 30.2 Å². The van der Waals surface area contributed by atoms with E-state index in [1.165, 1.54) is 13.2 Å². The van der Waals surface area contributed by atoms with E-state index >= 15 is 0 Å². The maximum Gasteiger partial charge on any atom is 0.343 e. The highest BCUT2D eigenvalue weighted by molar-refractivity contribution is 6.03. The minimum atomic E-state index is -1.30. The van der Waals surface area contributed by atoms with Gasteiger partial charge in [0.15, 0.2) is 0 Å². The lowest BCUT2D eigenvalue weighted by Gasteiger charge is -2.46. The number of carboxylic acids is 1. The van der Waals surface area contributed by atoms with Gasteiger partial charge in [-0.2, -0.15) is 0 Å². The van der Waals surface area contributed by atoms with Crippen molar-refractivity contribution < 1.29 is 43.5 Å². The first kappa shape index (κ1) is 28.4. The number of Topliss-reactive ketones (excluding diaryl/α,β-unsaturated/α-hetero) is 1. The minimum absolute atomic E-state index is 0.0588. The first-order valence-electron chi connectivity index (χ1n) is 13.7. The van der Waals surface area contributed by atoms with Gasteiger partial charge in [-0.1, -0.05) is 40.0 Å². The van der Waals surface area contributed by atoms with Gasteiger partial charge in [0.25, 0.3) is 0 Å². The van der Waals surface area contributed by atoms with Crippen molar-refractivity contribution in [3.8, 4) is 11.5 Å². The summed E-state index contributed by atoms with van der Waals surface area (Å²) in [7, 11) is 1.27. The Morgan fingerprint density at radius 3 is 2.61 bits per heavy atom. The Hall–Kier alpha value is -2.65. The van der Waals surface area contributed by atoms with Crippen LogP contribution in [0.2, 0.25) is 0 Å². The van der Waals surface area contributed by atoms with Crippen molar-refractivity contribution in [2.75, 3.05) is 13.7 Å². The average Bonchev–Trinajstić information content (AvgIpc) is 3.16. The number of methoxy groups -OCH3 is 1. The van der Waals surface area contributed by atoms with E-state index < -0.39 is 29.2 Å². The van der Waals surface area contributed by atoms with Crippen molar-refractivity contribution in [1.82, 2.24) is 0 Å². The SMILES string of the molecule is CCCCC[C@@H]1Cc2cc(O)c(C(=O)O)c3c2[C@H](C[C@]2(OCC(CC(=O)[C@](C)(CC)C(=O)OC)C2C)O3)O1. The van der Waals surface area contributed by atoms with Gasteiger partial charge in [0, 0.05) is 24.3 Å². The number of rotatable bonds is 10. The Morgan fingerprint density at radius 1 is 1.24 bits per heavy atom. The number of ether oxygens (including phenoxy) is 4. The summed E-state index contributed by atoms with van der Waals surface area (Å²) < 4.78 is 24.1. The van der Waals surface area contributed by atoms with Crippen LogP contribution in [0.5, 0.6) is 11.5 Å². The second-order valence-corrected chi connectivity index (χ2v) is 11.2.